The number of nitrogens with one attached hydrogen (secondary N) is 1. The molecular weight excluding hydrogens is 252 g/mol. The van der Waals surface area contributed by atoms with Crippen LogP contribution in [0.3, 0.4) is 0 Å². The Kier molecular flexibility index (Phi) is 5.20. The molecule has 0 saturated heterocycles. The first-order chi connectivity index (χ1) is 9.20. The molecule has 1 aliphatic rings. The maximum Gasteiger partial charge on any atom is 0.173 e. The molecule has 1 aromatic rings. The van der Waals surface area contributed by atoms with Gasteiger partial charge >= 0.3 is 0 Å². The molecule has 1 fully saturated rings. The van der Waals surface area contributed by atoms with E-state index in [-0.39, 0.29) is 0 Å². The van der Waals surface area contributed by atoms with Crippen molar-refractivity contribution in [2.24, 2.45) is 0 Å². The van der Waals surface area contributed by atoms with Crippen LogP contribution >= 0.6 is 12.2 Å². The Morgan fingerprint density at radius 1 is 1.21 bits per heavy atom. The van der Waals surface area contributed by atoms with Gasteiger partial charge in [-0.1, -0.05) is 37.0 Å². The van der Waals surface area contributed by atoms with Crippen LogP contribution in [-0.4, -0.2) is 17.7 Å². The van der Waals surface area contributed by atoms with E-state index in [1.54, 1.807) is 0 Å². The van der Waals surface area contributed by atoms with E-state index in [4.69, 9.17) is 12.2 Å². The van der Waals surface area contributed by atoms with Gasteiger partial charge in [-0.2, -0.15) is 0 Å². The molecule has 0 bridgehead atoms. The first-order valence-electron chi connectivity index (χ1n) is 7.35. The molecule has 3 heteroatoms. The van der Waals surface area contributed by atoms with Gasteiger partial charge < -0.3 is 10.2 Å². The Morgan fingerprint density at radius 2 is 1.84 bits per heavy atom. The molecule has 0 spiro atoms. The number of thiocarbonyl (C=S) groups is 1. The van der Waals surface area contributed by atoms with E-state index in [0.29, 0.717) is 6.04 Å². The van der Waals surface area contributed by atoms with Crippen LogP contribution < -0.4 is 10.2 Å². The van der Waals surface area contributed by atoms with Crippen molar-refractivity contribution in [1.82, 2.24) is 5.32 Å². The summed E-state index contributed by atoms with van der Waals surface area (Å²) < 4.78 is 0. The van der Waals surface area contributed by atoms with Gasteiger partial charge in [-0.05, 0) is 51.0 Å². The molecule has 1 aliphatic carbocycles. The Balaban J connectivity index is 2.00. The SMILES string of the molecule is CCN(C(=S)NC1CCCCC1)c1ccc(C)cc1. The molecule has 0 unspecified atom stereocenters. The predicted octanol–water partition coefficient (Wildman–Crippen LogP) is 4.03. The van der Waals surface area contributed by atoms with Crippen molar-refractivity contribution in [3.05, 3.63) is 29.8 Å². The molecule has 0 heterocycles. The fourth-order valence-corrected chi connectivity index (χ4v) is 3.07. The molecule has 0 amide bonds. The molecule has 1 aromatic carbocycles. The quantitative estimate of drug-likeness (QED) is 0.839. The standard InChI is InChI=1S/C16H24N2S/c1-3-18(15-11-9-13(2)10-12-15)16(19)17-14-7-5-4-6-8-14/h9-12,14H,3-8H2,1-2H3,(H,17,19). The van der Waals surface area contributed by atoms with Crippen molar-refractivity contribution in [1.29, 1.82) is 0 Å². The summed E-state index contributed by atoms with van der Waals surface area (Å²) in [6, 6.07) is 9.14. The zero-order valence-corrected chi connectivity index (χ0v) is 12.8. The maximum atomic E-state index is 5.59. The van der Waals surface area contributed by atoms with Gasteiger partial charge in [0, 0.05) is 18.3 Å². The van der Waals surface area contributed by atoms with E-state index in [2.05, 4.69) is 48.3 Å². The van der Waals surface area contributed by atoms with Gasteiger partial charge in [0.15, 0.2) is 5.11 Å². The van der Waals surface area contributed by atoms with E-state index in [1.165, 1.54) is 43.4 Å². The van der Waals surface area contributed by atoms with Gasteiger partial charge in [0.2, 0.25) is 0 Å². The topological polar surface area (TPSA) is 15.3 Å². The molecule has 0 aliphatic heterocycles. The van der Waals surface area contributed by atoms with Crippen molar-refractivity contribution in [2.45, 2.75) is 52.0 Å². The van der Waals surface area contributed by atoms with Gasteiger partial charge in [-0.15, -0.1) is 0 Å². The lowest BCUT2D eigenvalue weighted by Crippen LogP contribution is -2.45. The number of nitrogens with zero attached hydrogens (tertiary/aromatic N) is 1. The molecule has 2 nitrogen and oxygen atoms in total. The van der Waals surface area contributed by atoms with Crippen LogP contribution in [0.25, 0.3) is 0 Å². The normalized spacial score (nSPS) is 16.1. The second-order valence-electron chi connectivity index (χ2n) is 5.36. The molecular formula is C16H24N2S. The van der Waals surface area contributed by atoms with Crippen molar-refractivity contribution < 1.29 is 0 Å². The second kappa shape index (κ2) is 6.90. The van der Waals surface area contributed by atoms with Crippen LogP contribution in [0.2, 0.25) is 0 Å². The lowest BCUT2D eigenvalue weighted by molar-refractivity contribution is 0.413. The fraction of sp³-hybridized carbons (Fsp3) is 0.562. The highest BCUT2D eigenvalue weighted by atomic mass is 32.1. The molecule has 0 aromatic heterocycles. The molecule has 1 N–H and O–H groups in total. The van der Waals surface area contributed by atoms with E-state index in [1.807, 2.05) is 0 Å². The van der Waals surface area contributed by atoms with E-state index in [0.717, 1.165) is 11.7 Å². The lowest BCUT2D eigenvalue weighted by atomic mass is 9.96. The highest BCUT2D eigenvalue weighted by Gasteiger charge is 2.17. The monoisotopic (exact) mass is 276 g/mol. The minimum Gasteiger partial charge on any atom is -0.360 e. The predicted molar refractivity (Wildman–Crippen MR) is 86.8 cm³/mol. The third-order valence-corrected chi connectivity index (χ3v) is 4.18. The van der Waals surface area contributed by atoms with Crippen LogP contribution in [0.4, 0.5) is 5.69 Å². The minimum atomic E-state index is 0.570. The average molecular weight is 276 g/mol. The Bertz CT molecular complexity index is 407. The molecule has 19 heavy (non-hydrogen) atoms. The highest BCUT2D eigenvalue weighted by Crippen LogP contribution is 2.19. The number of aryl methyl sites for hydroxylation is 1. The van der Waals surface area contributed by atoms with Crippen molar-refractivity contribution in [3.8, 4) is 0 Å². The van der Waals surface area contributed by atoms with E-state index in [9.17, 15) is 0 Å². The highest BCUT2D eigenvalue weighted by molar-refractivity contribution is 7.80. The number of anilines is 1. The lowest BCUT2D eigenvalue weighted by Gasteiger charge is -2.30. The van der Waals surface area contributed by atoms with Gasteiger partial charge in [-0.3, -0.25) is 0 Å². The molecule has 0 atom stereocenters. The summed E-state index contributed by atoms with van der Waals surface area (Å²) in [6.07, 6.45) is 6.55. The molecule has 2 rings (SSSR count). The van der Waals surface area contributed by atoms with Gasteiger partial charge in [0.1, 0.15) is 0 Å². The van der Waals surface area contributed by atoms with E-state index >= 15 is 0 Å². The number of benzene rings is 1. The number of hydrogen-bond acceptors (Lipinski definition) is 1. The van der Waals surface area contributed by atoms with Crippen LogP contribution in [0, 0.1) is 6.92 Å². The van der Waals surface area contributed by atoms with Crippen LogP contribution in [-0.2, 0) is 0 Å². The first-order valence-corrected chi connectivity index (χ1v) is 7.76. The Labute approximate surface area is 122 Å². The van der Waals surface area contributed by atoms with Crippen molar-refractivity contribution in [3.63, 3.8) is 0 Å². The average Bonchev–Trinajstić information content (AvgIpc) is 2.43. The zero-order valence-electron chi connectivity index (χ0n) is 12.0. The Hall–Kier alpha value is -1.09. The maximum absolute atomic E-state index is 5.59. The van der Waals surface area contributed by atoms with Crippen LogP contribution in [0.15, 0.2) is 24.3 Å². The van der Waals surface area contributed by atoms with Gasteiger partial charge in [0.25, 0.3) is 0 Å². The summed E-state index contributed by atoms with van der Waals surface area (Å²) in [5.41, 5.74) is 2.47. The van der Waals surface area contributed by atoms with Crippen molar-refractivity contribution >= 4 is 23.0 Å². The van der Waals surface area contributed by atoms with Crippen molar-refractivity contribution in [2.75, 3.05) is 11.4 Å². The summed E-state index contributed by atoms with van der Waals surface area (Å²) >= 11 is 5.59. The molecule has 0 radical (unpaired) electrons. The Morgan fingerprint density at radius 3 is 2.42 bits per heavy atom. The van der Waals surface area contributed by atoms with E-state index < -0.39 is 0 Å². The number of rotatable bonds is 3. The fourth-order valence-electron chi connectivity index (χ4n) is 2.67. The largest absolute Gasteiger partial charge is 0.360 e. The third kappa shape index (κ3) is 3.93. The summed E-state index contributed by atoms with van der Waals surface area (Å²) in [5, 5.41) is 4.41. The molecule has 104 valence electrons. The summed E-state index contributed by atoms with van der Waals surface area (Å²) in [6.45, 7) is 5.16. The second-order valence-corrected chi connectivity index (χ2v) is 5.75. The van der Waals surface area contributed by atoms with Crippen LogP contribution in [0.5, 0.6) is 0 Å². The summed E-state index contributed by atoms with van der Waals surface area (Å²) in [5.74, 6) is 0. The van der Waals surface area contributed by atoms with Crippen LogP contribution in [0.1, 0.15) is 44.6 Å². The third-order valence-electron chi connectivity index (χ3n) is 3.84. The summed E-state index contributed by atoms with van der Waals surface area (Å²) in [7, 11) is 0. The van der Waals surface area contributed by atoms with Gasteiger partial charge in [-0.25, -0.2) is 0 Å². The van der Waals surface area contributed by atoms with Gasteiger partial charge in [0.05, 0.1) is 0 Å². The summed E-state index contributed by atoms with van der Waals surface area (Å²) in [4.78, 5) is 2.18. The zero-order chi connectivity index (χ0) is 13.7. The minimum absolute atomic E-state index is 0.570. The molecule has 1 saturated carbocycles. The first kappa shape index (κ1) is 14.3. The number of hydrogen-bond donors (Lipinski definition) is 1. The smallest absolute Gasteiger partial charge is 0.173 e.